The van der Waals surface area contributed by atoms with E-state index in [4.69, 9.17) is 0 Å². The van der Waals surface area contributed by atoms with Crippen molar-refractivity contribution in [2.24, 2.45) is 18.9 Å². The number of rotatable bonds is 9. The number of nitrogens with one attached hydrogen (secondary N) is 1. The number of carbonyl (C=O) groups is 2. The average Bonchev–Trinajstić information content (AvgIpc) is 3.06. The first-order valence-corrected chi connectivity index (χ1v) is 10.7. The van der Waals surface area contributed by atoms with Gasteiger partial charge in [0.15, 0.2) is 0 Å². The molecular formula is C24H36N4O2. The van der Waals surface area contributed by atoms with E-state index in [0.717, 1.165) is 16.9 Å². The summed E-state index contributed by atoms with van der Waals surface area (Å²) in [7, 11) is 1.98. The topological polar surface area (TPSA) is 57.6 Å². The van der Waals surface area contributed by atoms with E-state index in [1.165, 1.54) is 0 Å². The largest absolute Gasteiger partial charge is 0.353 e. The number of para-hydroxylation sites is 1. The van der Waals surface area contributed by atoms with Crippen molar-refractivity contribution in [2.75, 3.05) is 25.0 Å². The SMILES string of the molecule is Cc1ccccc1NC(=O)N(CC(=O)N(Cc1cccn1C)CC(C)C)CC(C)C. The van der Waals surface area contributed by atoms with Crippen molar-refractivity contribution in [1.29, 1.82) is 0 Å². The summed E-state index contributed by atoms with van der Waals surface area (Å²) in [6, 6.07) is 11.4. The Morgan fingerprint density at radius 3 is 2.17 bits per heavy atom. The Hall–Kier alpha value is -2.76. The van der Waals surface area contributed by atoms with Gasteiger partial charge in [-0.2, -0.15) is 0 Å². The maximum atomic E-state index is 13.2. The highest BCUT2D eigenvalue weighted by molar-refractivity contribution is 5.93. The lowest BCUT2D eigenvalue weighted by Crippen LogP contribution is -2.46. The summed E-state index contributed by atoms with van der Waals surface area (Å²) in [5, 5.41) is 2.97. The quantitative estimate of drug-likeness (QED) is 0.659. The second-order valence-electron chi connectivity index (χ2n) is 8.80. The van der Waals surface area contributed by atoms with Crippen LogP contribution in [0.5, 0.6) is 0 Å². The minimum absolute atomic E-state index is 0.0366. The molecule has 0 atom stereocenters. The van der Waals surface area contributed by atoms with Crippen LogP contribution in [0.1, 0.15) is 39.0 Å². The highest BCUT2D eigenvalue weighted by Crippen LogP contribution is 2.15. The van der Waals surface area contributed by atoms with Crippen LogP contribution < -0.4 is 5.32 Å². The maximum Gasteiger partial charge on any atom is 0.322 e. The van der Waals surface area contributed by atoms with Crippen LogP contribution in [0.4, 0.5) is 10.5 Å². The molecular weight excluding hydrogens is 376 g/mol. The molecule has 0 unspecified atom stereocenters. The van der Waals surface area contributed by atoms with Gasteiger partial charge in [0.1, 0.15) is 6.54 Å². The third-order valence-corrected chi connectivity index (χ3v) is 4.93. The van der Waals surface area contributed by atoms with E-state index in [2.05, 4.69) is 19.2 Å². The Kier molecular flexibility index (Phi) is 8.51. The van der Waals surface area contributed by atoms with Crippen LogP contribution in [-0.2, 0) is 18.4 Å². The van der Waals surface area contributed by atoms with Gasteiger partial charge in [-0.1, -0.05) is 45.9 Å². The molecule has 2 aromatic rings. The first-order valence-electron chi connectivity index (χ1n) is 10.7. The Balaban J connectivity index is 2.15. The lowest BCUT2D eigenvalue weighted by molar-refractivity contribution is -0.133. The van der Waals surface area contributed by atoms with Gasteiger partial charge in [-0.05, 0) is 42.5 Å². The molecule has 0 saturated heterocycles. The fraction of sp³-hybridized carbons (Fsp3) is 0.500. The number of nitrogens with zero attached hydrogens (tertiary/aromatic N) is 3. The Bertz CT molecular complexity index is 841. The summed E-state index contributed by atoms with van der Waals surface area (Å²) in [6.07, 6.45) is 1.98. The molecule has 6 heteroatoms. The molecule has 1 aromatic heterocycles. The van der Waals surface area contributed by atoms with Gasteiger partial charge in [0.2, 0.25) is 5.91 Å². The number of benzene rings is 1. The first-order chi connectivity index (χ1) is 14.2. The lowest BCUT2D eigenvalue weighted by atomic mass is 10.2. The highest BCUT2D eigenvalue weighted by Gasteiger charge is 2.23. The summed E-state index contributed by atoms with van der Waals surface area (Å²) in [5.41, 5.74) is 2.84. The highest BCUT2D eigenvalue weighted by atomic mass is 16.2. The molecule has 1 N–H and O–H groups in total. The predicted molar refractivity (Wildman–Crippen MR) is 122 cm³/mol. The fourth-order valence-corrected chi connectivity index (χ4v) is 3.38. The Morgan fingerprint density at radius 2 is 1.60 bits per heavy atom. The van der Waals surface area contributed by atoms with E-state index in [-0.39, 0.29) is 24.4 Å². The standard InChI is InChI=1S/C24H36N4O2/c1-18(2)14-27(16-21-11-9-13-26(21)6)23(29)17-28(15-19(3)4)24(30)25-22-12-8-7-10-20(22)5/h7-13,18-19H,14-17H2,1-6H3,(H,25,30). The number of urea groups is 1. The molecule has 164 valence electrons. The van der Waals surface area contributed by atoms with Gasteiger partial charge in [-0.15, -0.1) is 0 Å². The molecule has 6 nitrogen and oxygen atoms in total. The number of amides is 3. The zero-order valence-corrected chi connectivity index (χ0v) is 19.2. The molecule has 0 spiro atoms. The summed E-state index contributed by atoms with van der Waals surface area (Å²) < 4.78 is 2.03. The first kappa shape index (κ1) is 23.5. The van der Waals surface area contributed by atoms with Gasteiger partial charge < -0.3 is 19.7 Å². The van der Waals surface area contributed by atoms with Gasteiger partial charge in [-0.3, -0.25) is 4.79 Å². The number of anilines is 1. The van der Waals surface area contributed by atoms with Gasteiger partial charge in [0.25, 0.3) is 0 Å². The summed E-state index contributed by atoms with van der Waals surface area (Å²) in [4.78, 5) is 29.7. The van der Waals surface area contributed by atoms with Crippen molar-refractivity contribution in [3.63, 3.8) is 0 Å². The minimum Gasteiger partial charge on any atom is -0.353 e. The average molecular weight is 413 g/mol. The summed E-state index contributed by atoms with van der Waals surface area (Å²) in [5.74, 6) is 0.561. The zero-order valence-electron chi connectivity index (χ0n) is 19.2. The second kappa shape index (κ2) is 10.9. The van der Waals surface area contributed by atoms with Crippen molar-refractivity contribution in [1.82, 2.24) is 14.4 Å². The van der Waals surface area contributed by atoms with E-state index in [1.807, 2.05) is 79.9 Å². The fourth-order valence-electron chi connectivity index (χ4n) is 3.38. The van der Waals surface area contributed by atoms with Crippen molar-refractivity contribution in [2.45, 2.75) is 41.2 Å². The smallest absolute Gasteiger partial charge is 0.322 e. The van der Waals surface area contributed by atoms with Crippen LogP contribution in [-0.4, -0.2) is 45.9 Å². The van der Waals surface area contributed by atoms with Crippen molar-refractivity contribution < 1.29 is 9.59 Å². The normalized spacial score (nSPS) is 11.1. The third kappa shape index (κ3) is 6.94. The van der Waals surface area contributed by atoms with E-state index in [1.54, 1.807) is 4.90 Å². The molecule has 1 heterocycles. The summed E-state index contributed by atoms with van der Waals surface area (Å²) in [6.45, 7) is 12.0. The van der Waals surface area contributed by atoms with Gasteiger partial charge in [0, 0.05) is 37.7 Å². The van der Waals surface area contributed by atoms with E-state index >= 15 is 0 Å². The number of carbonyl (C=O) groups excluding carboxylic acids is 2. The van der Waals surface area contributed by atoms with Crippen LogP contribution in [0, 0.1) is 18.8 Å². The van der Waals surface area contributed by atoms with E-state index < -0.39 is 0 Å². The minimum atomic E-state index is -0.241. The van der Waals surface area contributed by atoms with Gasteiger partial charge in [0.05, 0.1) is 6.54 Å². The molecule has 2 rings (SSSR count). The van der Waals surface area contributed by atoms with E-state index in [0.29, 0.717) is 25.6 Å². The Labute approximate surface area is 180 Å². The zero-order chi connectivity index (χ0) is 22.3. The van der Waals surface area contributed by atoms with Crippen LogP contribution >= 0.6 is 0 Å². The van der Waals surface area contributed by atoms with E-state index in [9.17, 15) is 9.59 Å². The lowest BCUT2D eigenvalue weighted by Gasteiger charge is -2.30. The van der Waals surface area contributed by atoms with Crippen LogP contribution in [0.2, 0.25) is 0 Å². The number of aryl methyl sites for hydroxylation is 2. The van der Waals surface area contributed by atoms with Gasteiger partial charge >= 0.3 is 6.03 Å². The molecule has 0 radical (unpaired) electrons. The molecule has 0 saturated carbocycles. The van der Waals surface area contributed by atoms with Crippen LogP contribution in [0.3, 0.4) is 0 Å². The molecule has 0 aliphatic rings. The van der Waals surface area contributed by atoms with Crippen molar-refractivity contribution >= 4 is 17.6 Å². The number of hydrogen-bond acceptors (Lipinski definition) is 2. The predicted octanol–water partition coefficient (Wildman–Crippen LogP) is 4.51. The number of hydrogen-bond donors (Lipinski definition) is 1. The maximum absolute atomic E-state index is 13.2. The molecule has 0 fully saturated rings. The van der Waals surface area contributed by atoms with Gasteiger partial charge in [-0.25, -0.2) is 4.79 Å². The third-order valence-electron chi connectivity index (χ3n) is 4.93. The summed E-state index contributed by atoms with van der Waals surface area (Å²) >= 11 is 0. The number of aromatic nitrogens is 1. The second-order valence-corrected chi connectivity index (χ2v) is 8.80. The molecule has 3 amide bonds. The molecule has 0 aliphatic carbocycles. The molecule has 0 bridgehead atoms. The van der Waals surface area contributed by atoms with Crippen molar-refractivity contribution in [3.05, 3.63) is 53.9 Å². The van der Waals surface area contributed by atoms with Crippen LogP contribution in [0.25, 0.3) is 0 Å². The van der Waals surface area contributed by atoms with Crippen molar-refractivity contribution in [3.8, 4) is 0 Å². The molecule has 30 heavy (non-hydrogen) atoms. The molecule has 0 aliphatic heterocycles. The Morgan fingerprint density at radius 1 is 0.967 bits per heavy atom. The monoisotopic (exact) mass is 412 g/mol. The van der Waals surface area contributed by atoms with Crippen LogP contribution in [0.15, 0.2) is 42.6 Å². The molecule has 1 aromatic carbocycles.